The van der Waals surface area contributed by atoms with Gasteiger partial charge in [0.25, 0.3) is 0 Å². The first-order chi connectivity index (χ1) is 6.36. The molecule has 4 heteroatoms. The van der Waals surface area contributed by atoms with Crippen LogP contribution in [0.2, 0.25) is 0 Å². The fourth-order valence-corrected chi connectivity index (χ4v) is 2.19. The number of anilines is 1. The van der Waals surface area contributed by atoms with E-state index < -0.39 is 0 Å². The Morgan fingerprint density at radius 3 is 2.46 bits per heavy atom. The fourth-order valence-electron chi connectivity index (χ4n) is 2.19. The largest absolute Gasteiger partial charge is 0.340 e. The molecule has 13 heavy (non-hydrogen) atoms. The first-order valence-corrected chi connectivity index (χ1v) is 4.64. The summed E-state index contributed by atoms with van der Waals surface area (Å²) in [6.45, 7) is 2.08. The Balaban J connectivity index is 1.76. The molecule has 3 rings (SSSR count). The van der Waals surface area contributed by atoms with Crippen molar-refractivity contribution in [3.05, 3.63) is 18.5 Å². The number of aromatic nitrogens is 2. The number of hydrogen-bond donors (Lipinski definition) is 1. The van der Waals surface area contributed by atoms with E-state index in [0.29, 0.717) is 17.9 Å². The maximum absolute atomic E-state index is 5.84. The molecular weight excluding hydrogens is 164 g/mol. The second kappa shape index (κ2) is 2.42. The van der Waals surface area contributed by atoms with Crippen molar-refractivity contribution in [1.29, 1.82) is 0 Å². The molecule has 1 aromatic heterocycles. The predicted molar refractivity (Wildman–Crippen MR) is 49.2 cm³/mol. The molecule has 0 spiro atoms. The van der Waals surface area contributed by atoms with Crippen molar-refractivity contribution in [2.45, 2.75) is 6.04 Å². The summed E-state index contributed by atoms with van der Waals surface area (Å²) in [4.78, 5) is 10.7. The summed E-state index contributed by atoms with van der Waals surface area (Å²) in [6, 6.07) is 2.28. The number of nitrogens with two attached hydrogens (primary N) is 1. The zero-order chi connectivity index (χ0) is 8.84. The maximum atomic E-state index is 5.84. The Hall–Kier alpha value is -1.16. The summed E-state index contributed by atoms with van der Waals surface area (Å²) >= 11 is 0. The minimum absolute atomic E-state index is 0.444. The summed E-state index contributed by atoms with van der Waals surface area (Å²) in [5, 5.41) is 0. The minimum Gasteiger partial charge on any atom is -0.340 e. The molecule has 3 atom stereocenters. The van der Waals surface area contributed by atoms with Crippen molar-refractivity contribution in [2.75, 3.05) is 18.0 Å². The van der Waals surface area contributed by atoms with Gasteiger partial charge in [0.05, 0.1) is 0 Å². The summed E-state index contributed by atoms with van der Waals surface area (Å²) < 4.78 is 0. The summed E-state index contributed by atoms with van der Waals surface area (Å²) in [5.41, 5.74) is 5.84. The molecule has 2 aliphatic rings. The van der Waals surface area contributed by atoms with Gasteiger partial charge < -0.3 is 10.6 Å². The lowest BCUT2D eigenvalue weighted by Crippen LogP contribution is -2.29. The third-order valence-corrected chi connectivity index (χ3v) is 3.10. The normalized spacial score (nSPS) is 36.1. The molecule has 1 aliphatic carbocycles. The van der Waals surface area contributed by atoms with Gasteiger partial charge in [-0.3, -0.25) is 0 Å². The van der Waals surface area contributed by atoms with E-state index in [-0.39, 0.29) is 0 Å². The molecule has 0 aromatic carbocycles. The average Bonchev–Trinajstić information content (AvgIpc) is 2.67. The van der Waals surface area contributed by atoms with E-state index in [0.717, 1.165) is 19.0 Å². The Morgan fingerprint density at radius 2 is 1.85 bits per heavy atom. The van der Waals surface area contributed by atoms with Gasteiger partial charge in [0.1, 0.15) is 0 Å². The topological polar surface area (TPSA) is 55.0 Å². The van der Waals surface area contributed by atoms with E-state index in [1.807, 2.05) is 6.07 Å². The molecule has 1 saturated heterocycles. The van der Waals surface area contributed by atoms with Crippen LogP contribution in [0, 0.1) is 11.8 Å². The van der Waals surface area contributed by atoms with Gasteiger partial charge in [0.15, 0.2) is 0 Å². The highest BCUT2D eigenvalue weighted by Crippen LogP contribution is 2.44. The van der Waals surface area contributed by atoms with Gasteiger partial charge >= 0.3 is 0 Å². The highest BCUT2D eigenvalue weighted by molar-refractivity contribution is 5.35. The number of rotatable bonds is 1. The van der Waals surface area contributed by atoms with Crippen LogP contribution in [0.1, 0.15) is 0 Å². The smallest absolute Gasteiger partial charge is 0.225 e. The Bertz CT molecular complexity index is 301. The van der Waals surface area contributed by atoms with E-state index >= 15 is 0 Å². The number of fused-ring (bicyclic) bond motifs is 1. The second-order valence-corrected chi connectivity index (χ2v) is 3.86. The minimum atomic E-state index is 0.444. The van der Waals surface area contributed by atoms with Crippen molar-refractivity contribution in [3.8, 4) is 0 Å². The predicted octanol–water partition coefficient (Wildman–Crippen LogP) is -0.130. The van der Waals surface area contributed by atoms with Crippen molar-refractivity contribution >= 4 is 5.95 Å². The summed E-state index contributed by atoms with van der Waals surface area (Å²) in [6.07, 6.45) is 3.57. The fraction of sp³-hybridized carbons (Fsp3) is 0.556. The highest BCUT2D eigenvalue weighted by atomic mass is 15.3. The molecule has 1 saturated carbocycles. The van der Waals surface area contributed by atoms with Gasteiger partial charge in [-0.15, -0.1) is 0 Å². The molecule has 0 amide bonds. The van der Waals surface area contributed by atoms with E-state index in [1.165, 1.54) is 0 Å². The lowest BCUT2D eigenvalue weighted by molar-refractivity contribution is 0.725. The van der Waals surface area contributed by atoms with Crippen molar-refractivity contribution in [2.24, 2.45) is 17.6 Å². The lowest BCUT2D eigenvalue weighted by atomic mass is 10.4. The Labute approximate surface area is 76.8 Å². The van der Waals surface area contributed by atoms with Crippen LogP contribution in [0.4, 0.5) is 5.95 Å². The monoisotopic (exact) mass is 176 g/mol. The van der Waals surface area contributed by atoms with Gasteiger partial charge in [0, 0.05) is 31.5 Å². The highest BCUT2D eigenvalue weighted by Gasteiger charge is 2.54. The third-order valence-electron chi connectivity index (χ3n) is 3.10. The van der Waals surface area contributed by atoms with Crippen LogP contribution in [-0.4, -0.2) is 29.1 Å². The Morgan fingerprint density at radius 1 is 1.23 bits per heavy atom. The zero-order valence-corrected chi connectivity index (χ0v) is 7.30. The summed E-state index contributed by atoms with van der Waals surface area (Å²) in [7, 11) is 0. The number of hydrogen-bond acceptors (Lipinski definition) is 4. The molecule has 1 aliphatic heterocycles. The molecule has 2 fully saturated rings. The quantitative estimate of drug-likeness (QED) is 0.647. The molecule has 0 unspecified atom stereocenters. The average molecular weight is 176 g/mol. The number of piperidine rings is 1. The first-order valence-electron chi connectivity index (χ1n) is 4.64. The van der Waals surface area contributed by atoms with Gasteiger partial charge in [-0.25, -0.2) is 9.97 Å². The van der Waals surface area contributed by atoms with Crippen LogP contribution in [0.5, 0.6) is 0 Å². The van der Waals surface area contributed by atoms with Crippen LogP contribution in [-0.2, 0) is 0 Å². The third kappa shape index (κ3) is 1.02. The van der Waals surface area contributed by atoms with Crippen molar-refractivity contribution in [3.63, 3.8) is 0 Å². The molecule has 2 N–H and O–H groups in total. The molecule has 0 bridgehead atoms. The SMILES string of the molecule is N[C@@H]1[C@H]2CN(c3ncccn3)C[C@@H]12. The second-order valence-electron chi connectivity index (χ2n) is 3.86. The maximum Gasteiger partial charge on any atom is 0.225 e. The van der Waals surface area contributed by atoms with Gasteiger partial charge in [-0.2, -0.15) is 0 Å². The zero-order valence-electron chi connectivity index (χ0n) is 7.30. The Kier molecular flexibility index (Phi) is 1.35. The van der Waals surface area contributed by atoms with Crippen LogP contribution in [0.25, 0.3) is 0 Å². The van der Waals surface area contributed by atoms with Crippen LogP contribution in [0.15, 0.2) is 18.5 Å². The van der Waals surface area contributed by atoms with Gasteiger partial charge in [-0.05, 0) is 17.9 Å². The van der Waals surface area contributed by atoms with Crippen molar-refractivity contribution < 1.29 is 0 Å². The molecule has 68 valence electrons. The first kappa shape index (κ1) is 7.26. The standard InChI is InChI=1S/C9H12N4/c10-8-6-4-13(5-7(6)8)9-11-2-1-3-12-9/h1-3,6-8H,4-5,10H2/t6-,7+,8+. The molecule has 4 nitrogen and oxygen atoms in total. The van der Waals surface area contributed by atoms with E-state index in [9.17, 15) is 0 Å². The molecular formula is C9H12N4. The van der Waals surface area contributed by atoms with Crippen molar-refractivity contribution in [1.82, 2.24) is 9.97 Å². The van der Waals surface area contributed by atoms with Crippen LogP contribution >= 0.6 is 0 Å². The molecule has 0 radical (unpaired) electrons. The molecule has 1 aromatic rings. The van der Waals surface area contributed by atoms with E-state index in [1.54, 1.807) is 12.4 Å². The van der Waals surface area contributed by atoms with Gasteiger partial charge in [-0.1, -0.05) is 0 Å². The van der Waals surface area contributed by atoms with E-state index in [2.05, 4.69) is 14.9 Å². The van der Waals surface area contributed by atoms with Crippen LogP contribution < -0.4 is 10.6 Å². The number of nitrogens with zero attached hydrogens (tertiary/aromatic N) is 3. The molecule has 2 heterocycles. The van der Waals surface area contributed by atoms with Crippen LogP contribution in [0.3, 0.4) is 0 Å². The lowest BCUT2D eigenvalue weighted by Gasteiger charge is -2.17. The van der Waals surface area contributed by atoms with Gasteiger partial charge in [0.2, 0.25) is 5.95 Å². The van der Waals surface area contributed by atoms with E-state index in [4.69, 9.17) is 5.73 Å². The summed E-state index contributed by atoms with van der Waals surface area (Å²) in [5.74, 6) is 2.24.